The Labute approximate surface area is 161 Å². The van der Waals surface area contributed by atoms with Crippen molar-refractivity contribution in [3.63, 3.8) is 0 Å². The number of halogens is 1. The number of benzene rings is 1. The molecule has 1 amide bonds. The Kier molecular flexibility index (Phi) is 5.83. The smallest absolute Gasteiger partial charge is 0.274 e. The number of amides is 1. The third-order valence-electron chi connectivity index (χ3n) is 3.67. The van der Waals surface area contributed by atoms with Gasteiger partial charge in [0.15, 0.2) is 0 Å². The number of hydrogen-bond donors (Lipinski definition) is 2. The molecule has 0 aliphatic carbocycles. The number of aromatic nitrogens is 3. The lowest BCUT2D eigenvalue weighted by Crippen LogP contribution is -2.16. The molecule has 0 bridgehead atoms. The first-order chi connectivity index (χ1) is 13.0. The molecule has 0 spiro atoms. The molecule has 138 valence electrons. The van der Waals surface area contributed by atoms with Crippen LogP contribution in [-0.4, -0.2) is 28.0 Å². The maximum absolute atomic E-state index is 12.6. The van der Waals surface area contributed by atoms with E-state index in [-0.39, 0.29) is 11.6 Å². The topological polar surface area (TPSA) is 89.0 Å². The molecule has 2 aromatic heterocycles. The second-order valence-electron chi connectivity index (χ2n) is 5.73. The molecule has 27 heavy (non-hydrogen) atoms. The lowest BCUT2D eigenvalue weighted by atomic mass is 10.2. The highest BCUT2D eigenvalue weighted by molar-refractivity contribution is 6.31. The van der Waals surface area contributed by atoms with Crippen molar-refractivity contribution in [2.24, 2.45) is 0 Å². The van der Waals surface area contributed by atoms with Gasteiger partial charge in [-0.25, -0.2) is 9.97 Å². The predicted molar refractivity (Wildman–Crippen MR) is 104 cm³/mol. The van der Waals surface area contributed by atoms with E-state index in [1.807, 2.05) is 12.1 Å². The van der Waals surface area contributed by atoms with E-state index in [0.29, 0.717) is 34.6 Å². The summed E-state index contributed by atoms with van der Waals surface area (Å²) in [5, 5.41) is 6.36. The van der Waals surface area contributed by atoms with Crippen molar-refractivity contribution in [1.29, 1.82) is 0 Å². The summed E-state index contributed by atoms with van der Waals surface area (Å²) in [4.78, 5) is 25.3. The minimum atomic E-state index is -0.384. The highest BCUT2D eigenvalue weighted by atomic mass is 35.5. The first kappa shape index (κ1) is 18.6. The largest absolute Gasteiger partial charge is 0.495 e. The number of nitrogens with one attached hydrogen (secondary N) is 2. The molecule has 2 N–H and O–H groups in total. The first-order valence-electron chi connectivity index (χ1n) is 8.18. The van der Waals surface area contributed by atoms with Crippen molar-refractivity contribution in [1.82, 2.24) is 15.0 Å². The van der Waals surface area contributed by atoms with Gasteiger partial charge in [0.05, 0.1) is 12.8 Å². The Bertz CT molecular complexity index is 950. The molecule has 0 atom stereocenters. The van der Waals surface area contributed by atoms with Crippen molar-refractivity contribution in [2.45, 2.75) is 13.5 Å². The Morgan fingerprint density at radius 3 is 2.81 bits per heavy atom. The van der Waals surface area contributed by atoms with Crippen molar-refractivity contribution in [3.05, 3.63) is 70.8 Å². The zero-order valence-corrected chi connectivity index (χ0v) is 15.6. The third kappa shape index (κ3) is 4.92. The summed E-state index contributed by atoms with van der Waals surface area (Å²) in [5.41, 5.74) is 2.36. The molecule has 3 rings (SSSR count). The van der Waals surface area contributed by atoms with Crippen LogP contribution in [0, 0.1) is 6.92 Å². The average Bonchev–Trinajstić information content (AvgIpc) is 2.67. The van der Waals surface area contributed by atoms with E-state index in [1.165, 1.54) is 7.11 Å². The molecule has 0 saturated carbocycles. The fraction of sp³-hybridized carbons (Fsp3) is 0.158. The van der Waals surface area contributed by atoms with E-state index < -0.39 is 0 Å². The quantitative estimate of drug-likeness (QED) is 0.674. The van der Waals surface area contributed by atoms with Gasteiger partial charge in [-0.2, -0.15) is 0 Å². The van der Waals surface area contributed by atoms with E-state index in [0.717, 1.165) is 5.56 Å². The third-order valence-corrected chi connectivity index (χ3v) is 3.91. The molecular weight excluding hydrogens is 366 g/mol. The minimum Gasteiger partial charge on any atom is -0.495 e. The number of rotatable bonds is 6. The lowest BCUT2D eigenvalue weighted by Gasteiger charge is -2.11. The summed E-state index contributed by atoms with van der Waals surface area (Å²) in [6.45, 7) is 2.30. The van der Waals surface area contributed by atoms with Gasteiger partial charge in [-0.3, -0.25) is 9.78 Å². The van der Waals surface area contributed by atoms with Crippen LogP contribution in [0.25, 0.3) is 0 Å². The Morgan fingerprint density at radius 1 is 1.22 bits per heavy atom. The number of hydrogen-bond acceptors (Lipinski definition) is 6. The Morgan fingerprint density at radius 2 is 2.07 bits per heavy atom. The van der Waals surface area contributed by atoms with Crippen LogP contribution in [0.4, 0.5) is 11.6 Å². The molecule has 0 fully saturated rings. The summed E-state index contributed by atoms with van der Waals surface area (Å²) in [6, 6.07) is 10.4. The summed E-state index contributed by atoms with van der Waals surface area (Å²) in [5.74, 6) is 0.487. The van der Waals surface area contributed by atoms with E-state index in [9.17, 15) is 4.79 Å². The van der Waals surface area contributed by atoms with Crippen molar-refractivity contribution in [2.75, 3.05) is 17.7 Å². The summed E-state index contributed by atoms with van der Waals surface area (Å²) in [7, 11) is 1.52. The van der Waals surface area contributed by atoms with Crippen LogP contribution in [0.2, 0.25) is 5.02 Å². The Balaban J connectivity index is 1.77. The molecule has 0 unspecified atom stereocenters. The van der Waals surface area contributed by atoms with Gasteiger partial charge in [0.1, 0.15) is 11.4 Å². The normalized spacial score (nSPS) is 10.3. The van der Waals surface area contributed by atoms with Crippen LogP contribution in [-0.2, 0) is 6.54 Å². The van der Waals surface area contributed by atoms with Crippen molar-refractivity contribution in [3.8, 4) is 5.75 Å². The Hall–Kier alpha value is -3.19. The maximum atomic E-state index is 12.6. The second-order valence-corrected chi connectivity index (χ2v) is 6.17. The molecule has 1 aromatic carbocycles. The fourth-order valence-corrected chi connectivity index (χ4v) is 2.58. The number of carbonyl (C=O) groups is 1. The molecule has 7 nitrogen and oxygen atoms in total. The molecule has 3 aromatic rings. The highest BCUT2D eigenvalue weighted by Crippen LogP contribution is 2.28. The highest BCUT2D eigenvalue weighted by Gasteiger charge is 2.14. The van der Waals surface area contributed by atoms with Gasteiger partial charge in [0.25, 0.3) is 5.91 Å². The van der Waals surface area contributed by atoms with Crippen LogP contribution in [0.3, 0.4) is 0 Å². The van der Waals surface area contributed by atoms with E-state index >= 15 is 0 Å². The maximum Gasteiger partial charge on any atom is 0.274 e. The molecular formula is C19H18ClN5O2. The number of anilines is 2. The van der Waals surface area contributed by atoms with Gasteiger partial charge in [0.2, 0.25) is 5.95 Å². The monoisotopic (exact) mass is 383 g/mol. The van der Waals surface area contributed by atoms with Gasteiger partial charge in [-0.1, -0.05) is 17.7 Å². The van der Waals surface area contributed by atoms with Gasteiger partial charge < -0.3 is 15.4 Å². The zero-order valence-electron chi connectivity index (χ0n) is 14.9. The summed E-state index contributed by atoms with van der Waals surface area (Å²) < 4.78 is 5.25. The van der Waals surface area contributed by atoms with E-state index in [1.54, 1.807) is 43.6 Å². The van der Waals surface area contributed by atoms with Crippen molar-refractivity contribution < 1.29 is 9.53 Å². The molecule has 0 saturated heterocycles. The number of ether oxygens (including phenoxy) is 1. The molecule has 0 radical (unpaired) electrons. The zero-order chi connectivity index (χ0) is 19.2. The molecule has 0 aliphatic rings. The second kappa shape index (κ2) is 8.46. The van der Waals surface area contributed by atoms with Gasteiger partial charge in [0, 0.05) is 29.7 Å². The van der Waals surface area contributed by atoms with E-state index in [4.69, 9.17) is 16.3 Å². The van der Waals surface area contributed by atoms with Crippen LogP contribution in [0.1, 0.15) is 21.7 Å². The first-order valence-corrected chi connectivity index (χ1v) is 8.56. The van der Waals surface area contributed by atoms with E-state index in [2.05, 4.69) is 25.6 Å². The number of aryl methyl sites for hydroxylation is 1. The minimum absolute atomic E-state index is 0.234. The predicted octanol–water partition coefficient (Wildman–Crippen LogP) is 3.71. The number of pyridine rings is 1. The number of methoxy groups -OCH3 is 1. The number of carbonyl (C=O) groups excluding carboxylic acids is 1. The summed E-state index contributed by atoms with van der Waals surface area (Å²) >= 11 is 6.01. The van der Waals surface area contributed by atoms with Gasteiger partial charge in [-0.15, -0.1) is 0 Å². The lowest BCUT2D eigenvalue weighted by molar-refractivity contribution is 0.102. The molecule has 0 aliphatic heterocycles. The van der Waals surface area contributed by atoms with Crippen molar-refractivity contribution >= 4 is 29.1 Å². The fourth-order valence-electron chi connectivity index (χ4n) is 2.41. The van der Waals surface area contributed by atoms with Crippen LogP contribution in [0.15, 0.2) is 48.8 Å². The summed E-state index contributed by atoms with van der Waals surface area (Å²) in [6.07, 6.45) is 3.46. The molecule has 2 heterocycles. The van der Waals surface area contributed by atoms with Crippen LogP contribution < -0.4 is 15.4 Å². The molecule has 8 heteroatoms. The average molecular weight is 384 g/mol. The van der Waals surface area contributed by atoms with Gasteiger partial charge >= 0.3 is 0 Å². The SMILES string of the molecule is COc1ccc(Cl)cc1NC(=O)c1cc(C)nc(NCc2cccnc2)n1. The standard InChI is InChI=1S/C19H18ClN5O2/c1-12-8-16(18(26)24-15-9-14(20)5-6-17(15)27-2)25-19(23-12)22-11-13-4-3-7-21-10-13/h3-10H,11H2,1-2H3,(H,24,26)(H,22,23,25). The van der Waals surface area contributed by atoms with Crippen LogP contribution in [0.5, 0.6) is 5.75 Å². The van der Waals surface area contributed by atoms with Crippen LogP contribution >= 0.6 is 11.6 Å². The number of nitrogens with zero attached hydrogens (tertiary/aromatic N) is 3. The van der Waals surface area contributed by atoms with Gasteiger partial charge in [-0.05, 0) is 42.8 Å².